The smallest absolute Gasteiger partial charge is 0.248 e. The summed E-state index contributed by atoms with van der Waals surface area (Å²) in [7, 11) is -3.87. The lowest BCUT2D eigenvalue weighted by Crippen LogP contribution is -2.29. The van der Waals surface area contributed by atoms with Crippen molar-refractivity contribution in [3.63, 3.8) is 0 Å². The van der Waals surface area contributed by atoms with Gasteiger partial charge in [0.05, 0.1) is 16.5 Å². The van der Waals surface area contributed by atoms with Crippen molar-refractivity contribution >= 4 is 32.9 Å². The Labute approximate surface area is 167 Å². The van der Waals surface area contributed by atoms with E-state index in [2.05, 4.69) is 15.5 Å². The van der Waals surface area contributed by atoms with Crippen molar-refractivity contribution in [3.05, 3.63) is 63.8 Å². The standard InChI is InChI=1S/C19H21N3O4S2/c1-3-7-17-20-15(11-27-17)12-28(24,25)18(14-8-5-4-6-9-14)19(23)21-16-10-13(2)26-22-16/h4-6,8-11,18H,3,7,12H2,1-2H3,(H,21,22,23). The van der Waals surface area contributed by atoms with Crippen LogP contribution in [0.25, 0.3) is 0 Å². The fourth-order valence-electron chi connectivity index (χ4n) is 2.80. The largest absolute Gasteiger partial charge is 0.360 e. The highest BCUT2D eigenvalue weighted by Crippen LogP contribution is 2.28. The van der Waals surface area contributed by atoms with E-state index in [1.807, 2.05) is 6.92 Å². The molecule has 0 radical (unpaired) electrons. The summed E-state index contributed by atoms with van der Waals surface area (Å²) in [6, 6.07) is 9.95. The average molecular weight is 420 g/mol. The lowest BCUT2D eigenvalue weighted by atomic mass is 10.1. The maximum absolute atomic E-state index is 13.2. The number of nitrogens with zero attached hydrogens (tertiary/aromatic N) is 2. The van der Waals surface area contributed by atoms with E-state index < -0.39 is 21.0 Å². The maximum atomic E-state index is 13.2. The molecule has 0 saturated carbocycles. The number of hydrogen-bond acceptors (Lipinski definition) is 7. The molecule has 1 N–H and O–H groups in total. The highest BCUT2D eigenvalue weighted by molar-refractivity contribution is 7.91. The number of carbonyl (C=O) groups excluding carboxylic acids is 1. The summed E-state index contributed by atoms with van der Waals surface area (Å²) in [4.78, 5) is 17.3. The molecular formula is C19H21N3O4S2. The molecule has 2 heterocycles. The molecule has 28 heavy (non-hydrogen) atoms. The molecule has 3 aromatic rings. The Morgan fingerprint density at radius 2 is 2.04 bits per heavy atom. The van der Waals surface area contributed by atoms with Crippen LogP contribution in [0.5, 0.6) is 0 Å². The highest BCUT2D eigenvalue weighted by Gasteiger charge is 2.35. The van der Waals surface area contributed by atoms with Crippen LogP contribution < -0.4 is 5.32 Å². The number of hydrogen-bond donors (Lipinski definition) is 1. The van der Waals surface area contributed by atoms with Crippen molar-refractivity contribution in [2.75, 3.05) is 5.32 Å². The van der Waals surface area contributed by atoms with Crippen LogP contribution in [0.3, 0.4) is 0 Å². The van der Waals surface area contributed by atoms with Gasteiger partial charge in [0, 0.05) is 11.4 Å². The van der Waals surface area contributed by atoms with Crippen molar-refractivity contribution in [1.82, 2.24) is 10.1 Å². The molecule has 0 aliphatic rings. The number of carbonyl (C=O) groups is 1. The van der Waals surface area contributed by atoms with Gasteiger partial charge in [-0.3, -0.25) is 4.79 Å². The van der Waals surface area contributed by atoms with Crippen molar-refractivity contribution in [2.24, 2.45) is 0 Å². The Morgan fingerprint density at radius 3 is 2.68 bits per heavy atom. The van der Waals surface area contributed by atoms with E-state index in [9.17, 15) is 13.2 Å². The average Bonchev–Trinajstić information content (AvgIpc) is 3.24. The zero-order valence-electron chi connectivity index (χ0n) is 15.6. The molecular weight excluding hydrogens is 398 g/mol. The molecule has 0 fully saturated rings. The Bertz CT molecular complexity index is 1040. The first-order valence-corrected chi connectivity index (χ1v) is 11.4. The normalized spacial score (nSPS) is 12.6. The molecule has 3 rings (SSSR count). The van der Waals surface area contributed by atoms with E-state index in [1.54, 1.807) is 42.6 Å². The number of nitrogens with one attached hydrogen (secondary N) is 1. The van der Waals surface area contributed by atoms with Crippen molar-refractivity contribution in [3.8, 4) is 0 Å². The summed E-state index contributed by atoms with van der Waals surface area (Å²) < 4.78 is 31.3. The van der Waals surface area contributed by atoms with Crippen LogP contribution in [0.4, 0.5) is 5.82 Å². The first-order chi connectivity index (χ1) is 13.4. The topological polar surface area (TPSA) is 102 Å². The van der Waals surface area contributed by atoms with Gasteiger partial charge in [-0.05, 0) is 25.3 Å². The van der Waals surface area contributed by atoms with Crippen LogP contribution in [0.2, 0.25) is 0 Å². The van der Waals surface area contributed by atoms with Gasteiger partial charge in [0.1, 0.15) is 5.76 Å². The van der Waals surface area contributed by atoms with Gasteiger partial charge in [-0.2, -0.15) is 0 Å². The third kappa shape index (κ3) is 4.85. The summed E-state index contributed by atoms with van der Waals surface area (Å²) >= 11 is 1.44. The Balaban J connectivity index is 1.89. The summed E-state index contributed by atoms with van der Waals surface area (Å²) in [5, 5.41) is 7.51. The van der Waals surface area contributed by atoms with Crippen LogP contribution in [0.1, 0.15) is 40.6 Å². The predicted octanol–water partition coefficient (Wildman–Crippen LogP) is 3.69. The van der Waals surface area contributed by atoms with Crippen LogP contribution >= 0.6 is 11.3 Å². The molecule has 2 aromatic heterocycles. The molecule has 0 bridgehead atoms. The lowest BCUT2D eigenvalue weighted by Gasteiger charge is -2.16. The number of aryl methyl sites for hydroxylation is 2. The summed E-state index contributed by atoms with van der Waals surface area (Å²) in [6.45, 7) is 3.73. The third-order valence-corrected chi connectivity index (χ3v) is 6.85. The fourth-order valence-corrected chi connectivity index (χ4v) is 5.49. The molecule has 148 valence electrons. The SMILES string of the molecule is CCCc1nc(CS(=O)(=O)C(C(=O)Nc2cc(C)on2)c2ccccc2)cs1. The zero-order valence-corrected chi connectivity index (χ0v) is 17.2. The van der Waals surface area contributed by atoms with Gasteiger partial charge in [0.15, 0.2) is 20.9 Å². The van der Waals surface area contributed by atoms with Gasteiger partial charge in [0.25, 0.3) is 0 Å². The first-order valence-electron chi connectivity index (χ1n) is 8.83. The lowest BCUT2D eigenvalue weighted by molar-refractivity contribution is -0.116. The quantitative estimate of drug-likeness (QED) is 0.597. The first kappa shape index (κ1) is 20.2. The molecule has 7 nitrogen and oxygen atoms in total. The van der Waals surface area contributed by atoms with Gasteiger partial charge >= 0.3 is 0 Å². The van der Waals surface area contributed by atoms with Crippen molar-refractivity contribution < 1.29 is 17.7 Å². The van der Waals surface area contributed by atoms with E-state index in [4.69, 9.17) is 4.52 Å². The molecule has 1 unspecified atom stereocenters. The highest BCUT2D eigenvalue weighted by atomic mass is 32.2. The molecule has 1 atom stereocenters. The van der Waals surface area contributed by atoms with Crippen LogP contribution in [0, 0.1) is 6.92 Å². The minimum absolute atomic E-state index is 0.178. The van der Waals surface area contributed by atoms with Crippen molar-refractivity contribution in [2.45, 2.75) is 37.7 Å². The molecule has 9 heteroatoms. The second-order valence-electron chi connectivity index (χ2n) is 6.39. The second-order valence-corrected chi connectivity index (χ2v) is 9.42. The molecule has 0 saturated heterocycles. The number of amides is 1. The van der Waals surface area contributed by atoms with E-state index in [-0.39, 0.29) is 11.6 Å². The number of benzene rings is 1. The number of rotatable bonds is 8. The van der Waals surface area contributed by atoms with E-state index in [1.165, 1.54) is 17.4 Å². The number of thiazole rings is 1. The van der Waals surface area contributed by atoms with Gasteiger partial charge in [-0.15, -0.1) is 11.3 Å². The maximum Gasteiger partial charge on any atom is 0.248 e. The third-order valence-electron chi connectivity index (χ3n) is 3.99. The minimum Gasteiger partial charge on any atom is -0.360 e. The number of anilines is 1. The second kappa shape index (κ2) is 8.66. The molecule has 1 aromatic carbocycles. The number of sulfone groups is 1. The van der Waals surface area contributed by atoms with Gasteiger partial charge in [-0.25, -0.2) is 13.4 Å². The molecule has 1 amide bonds. The van der Waals surface area contributed by atoms with Gasteiger partial charge < -0.3 is 9.84 Å². The monoisotopic (exact) mass is 419 g/mol. The number of aromatic nitrogens is 2. The minimum atomic E-state index is -3.87. The van der Waals surface area contributed by atoms with Gasteiger partial charge in [-0.1, -0.05) is 42.4 Å². The summed E-state index contributed by atoms with van der Waals surface area (Å²) in [6.07, 6.45) is 1.74. The summed E-state index contributed by atoms with van der Waals surface area (Å²) in [5.74, 6) is -0.292. The Morgan fingerprint density at radius 1 is 1.29 bits per heavy atom. The van der Waals surface area contributed by atoms with E-state index in [0.29, 0.717) is 17.0 Å². The van der Waals surface area contributed by atoms with Gasteiger partial charge in [0.2, 0.25) is 5.91 Å². The van der Waals surface area contributed by atoms with E-state index in [0.717, 1.165) is 17.8 Å². The van der Waals surface area contributed by atoms with Crippen LogP contribution in [-0.4, -0.2) is 24.5 Å². The predicted molar refractivity (Wildman–Crippen MR) is 108 cm³/mol. The molecule has 0 aliphatic carbocycles. The zero-order chi connectivity index (χ0) is 20.1. The van der Waals surface area contributed by atoms with Crippen LogP contribution in [0.15, 0.2) is 46.3 Å². The fraction of sp³-hybridized carbons (Fsp3) is 0.316. The van der Waals surface area contributed by atoms with Crippen molar-refractivity contribution in [1.29, 1.82) is 0 Å². The van der Waals surface area contributed by atoms with Crippen LogP contribution in [-0.2, 0) is 26.8 Å². The Kier molecular flexibility index (Phi) is 6.25. The Hall–Kier alpha value is -2.52. The van der Waals surface area contributed by atoms with E-state index >= 15 is 0 Å². The molecule has 0 aliphatic heterocycles. The summed E-state index contributed by atoms with van der Waals surface area (Å²) in [5.41, 5.74) is 0.851. The molecule has 0 spiro atoms.